The highest BCUT2D eigenvalue weighted by Gasteiger charge is 2.22. The van der Waals surface area contributed by atoms with E-state index in [0.29, 0.717) is 41.9 Å². The smallest absolute Gasteiger partial charge is 0.258 e. The second-order valence-electron chi connectivity index (χ2n) is 7.02. The van der Waals surface area contributed by atoms with Gasteiger partial charge in [-0.3, -0.25) is 9.59 Å². The van der Waals surface area contributed by atoms with E-state index in [1.165, 1.54) is 0 Å². The summed E-state index contributed by atoms with van der Waals surface area (Å²) in [5, 5.41) is 4.00. The largest absolute Gasteiger partial charge is 0.343 e. The Balaban J connectivity index is 1.46. The molecule has 2 N–H and O–H groups in total. The molecule has 0 saturated carbocycles. The van der Waals surface area contributed by atoms with Crippen molar-refractivity contribution in [3.05, 3.63) is 40.4 Å². The van der Waals surface area contributed by atoms with Gasteiger partial charge in [0.25, 0.3) is 5.56 Å². The van der Waals surface area contributed by atoms with E-state index in [1.54, 1.807) is 6.07 Å². The summed E-state index contributed by atoms with van der Waals surface area (Å²) in [6.07, 6.45) is 3.99. The predicted molar refractivity (Wildman–Crippen MR) is 103 cm³/mol. The molecule has 0 unspecified atom stereocenters. The fourth-order valence-electron chi connectivity index (χ4n) is 3.55. The summed E-state index contributed by atoms with van der Waals surface area (Å²) in [7, 11) is 0. The summed E-state index contributed by atoms with van der Waals surface area (Å²) in [6.45, 7) is 5.90. The number of piperidine rings is 1. The van der Waals surface area contributed by atoms with Crippen LogP contribution in [0, 0.1) is 5.92 Å². The monoisotopic (exact) mass is 356 g/mol. The summed E-state index contributed by atoms with van der Waals surface area (Å²) in [5.41, 5.74) is 0.597. The van der Waals surface area contributed by atoms with E-state index in [1.807, 2.05) is 23.1 Å². The maximum Gasteiger partial charge on any atom is 0.258 e. The number of amides is 1. The van der Waals surface area contributed by atoms with Crippen LogP contribution in [0.15, 0.2) is 29.1 Å². The number of nitrogens with one attached hydrogen (secondary N) is 2. The van der Waals surface area contributed by atoms with E-state index in [4.69, 9.17) is 0 Å². The van der Waals surface area contributed by atoms with Crippen LogP contribution in [0.4, 0.5) is 0 Å². The molecule has 6 heteroatoms. The standard InChI is InChI=1S/C20H28N4O2/c1-2-21-14-15-10-12-24(13-11-15)19(25)9-5-8-18-22-17-7-4-3-6-16(17)20(26)23-18/h3-4,6-7,15,21H,2,5,8-14H2,1H3,(H,22,23,26). The summed E-state index contributed by atoms with van der Waals surface area (Å²) < 4.78 is 0. The summed E-state index contributed by atoms with van der Waals surface area (Å²) in [5.74, 6) is 1.56. The highest BCUT2D eigenvalue weighted by Crippen LogP contribution is 2.17. The van der Waals surface area contributed by atoms with Crippen molar-refractivity contribution in [3.8, 4) is 0 Å². The van der Waals surface area contributed by atoms with Gasteiger partial charge in [-0.05, 0) is 50.4 Å². The minimum Gasteiger partial charge on any atom is -0.343 e. The van der Waals surface area contributed by atoms with Crippen molar-refractivity contribution >= 4 is 16.8 Å². The molecule has 1 aliphatic heterocycles. The van der Waals surface area contributed by atoms with Crippen molar-refractivity contribution in [3.63, 3.8) is 0 Å². The molecular weight excluding hydrogens is 328 g/mol. The molecule has 2 heterocycles. The van der Waals surface area contributed by atoms with Crippen LogP contribution in [-0.4, -0.2) is 47.0 Å². The van der Waals surface area contributed by atoms with Gasteiger partial charge in [0.15, 0.2) is 0 Å². The minimum absolute atomic E-state index is 0.111. The molecule has 1 amide bonds. The van der Waals surface area contributed by atoms with Gasteiger partial charge < -0.3 is 15.2 Å². The van der Waals surface area contributed by atoms with E-state index < -0.39 is 0 Å². The molecule has 0 spiro atoms. The molecule has 1 saturated heterocycles. The zero-order valence-electron chi connectivity index (χ0n) is 15.5. The number of likely N-dealkylation sites (tertiary alicyclic amines) is 1. The van der Waals surface area contributed by atoms with Gasteiger partial charge in [0.1, 0.15) is 5.82 Å². The van der Waals surface area contributed by atoms with Gasteiger partial charge >= 0.3 is 0 Å². The number of carbonyl (C=O) groups is 1. The Morgan fingerprint density at radius 3 is 2.85 bits per heavy atom. The lowest BCUT2D eigenvalue weighted by Crippen LogP contribution is -2.40. The molecule has 3 rings (SSSR count). The normalized spacial score (nSPS) is 15.5. The van der Waals surface area contributed by atoms with Gasteiger partial charge in [0.2, 0.25) is 5.91 Å². The molecule has 0 atom stereocenters. The number of benzene rings is 1. The fraction of sp³-hybridized carbons (Fsp3) is 0.550. The van der Waals surface area contributed by atoms with Gasteiger partial charge in [0.05, 0.1) is 10.9 Å². The summed E-state index contributed by atoms with van der Waals surface area (Å²) >= 11 is 0. The number of fused-ring (bicyclic) bond motifs is 1. The average molecular weight is 356 g/mol. The predicted octanol–water partition coefficient (Wildman–Crippen LogP) is 2.09. The number of carbonyl (C=O) groups excluding carboxylic acids is 1. The van der Waals surface area contributed by atoms with E-state index in [9.17, 15) is 9.59 Å². The topological polar surface area (TPSA) is 78.1 Å². The van der Waals surface area contributed by atoms with Crippen LogP contribution >= 0.6 is 0 Å². The van der Waals surface area contributed by atoms with Crippen molar-refractivity contribution in [2.75, 3.05) is 26.2 Å². The SMILES string of the molecule is CCNCC1CCN(C(=O)CCCc2nc3ccccc3c(=O)[nH]2)CC1. The first-order valence-electron chi connectivity index (χ1n) is 9.63. The molecule has 0 aliphatic carbocycles. The van der Waals surface area contributed by atoms with Crippen LogP contribution in [0.1, 0.15) is 38.4 Å². The number of H-pyrrole nitrogens is 1. The van der Waals surface area contributed by atoms with Crippen molar-refractivity contribution in [1.29, 1.82) is 0 Å². The van der Waals surface area contributed by atoms with Crippen molar-refractivity contribution in [2.45, 2.75) is 39.0 Å². The third-order valence-electron chi connectivity index (χ3n) is 5.12. The number of nitrogens with zero attached hydrogens (tertiary/aromatic N) is 2. The quantitative estimate of drug-likeness (QED) is 0.796. The van der Waals surface area contributed by atoms with E-state index in [0.717, 1.165) is 39.0 Å². The van der Waals surface area contributed by atoms with Crippen molar-refractivity contribution in [1.82, 2.24) is 20.2 Å². The highest BCUT2D eigenvalue weighted by atomic mass is 16.2. The number of hydrogen-bond donors (Lipinski definition) is 2. The minimum atomic E-state index is -0.111. The van der Waals surface area contributed by atoms with Crippen LogP contribution in [0.3, 0.4) is 0 Å². The molecule has 0 bridgehead atoms. The van der Waals surface area contributed by atoms with Gasteiger partial charge in [-0.25, -0.2) is 4.98 Å². The molecule has 140 valence electrons. The Kier molecular flexibility index (Phi) is 6.39. The summed E-state index contributed by atoms with van der Waals surface area (Å²) in [6, 6.07) is 7.33. The van der Waals surface area contributed by atoms with Crippen LogP contribution in [-0.2, 0) is 11.2 Å². The maximum absolute atomic E-state index is 12.4. The zero-order valence-corrected chi connectivity index (χ0v) is 15.5. The molecule has 2 aromatic rings. The van der Waals surface area contributed by atoms with Gasteiger partial charge in [-0.15, -0.1) is 0 Å². The third-order valence-corrected chi connectivity index (χ3v) is 5.12. The van der Waals surface area contributed by atoms with Gasteiger partial charge in [0, 0.05) is 25.9 Å². The first-order valence-corrected chi connectivity index (χ1v) is 9.63. The van der Waals surface area contributed by atoms with Crippen molar-refractivity contribution < 1.29 is 4.79 Å². The molecule has 1 aromatic heterocycles. The Hall–Kier alpha value is -2.21. The summed E-state index contributed by atoms with van der Waals surface area (Å²) in [4.78, 5) is 33.8. The van der Waals surface area contributed by atoms with Gasteiger partial charge in [-0.2, -0.15) is 0 Å². The maximum atomic E-state index is 12.4. The van der Waals surface area contributed by atoms with Crippen molar-refractivity contribution in [2.24, 2.45) is 5.92 Å². The average Bonchev–Trinajstić information content (AvgIpc) is 2.67. The van der Waals surface area contributed by atoms with E-state index in [2.05, 4.69) is 22.2 Å². The molecule has 6 nitrogen and oxygen atoms in total. The molecule has 1 aliphatic rings. The number of aryl methyl sites for hydroxylation is 1. The second-order valence-corrected chi connectivity index (χ2v) is 7.02. The lowest BCUT2D eigenvalue weighted by molar-refractivity contribution is -0.132. The Morgan fingerprint density at radius 2 is 2.08 bits per heavy atom. The Morgan fingerprint density at radius 1 is 1.31 bits per heavy atom. The first-order chi connectivity index (χ1) is 12.7. The number of para-hydroxylation sites is 1. The van der Waals surface area contributed by atoms with Crippen LogP contribution < -0.4 is 10.9 Å². The third kappa shape index (κ3) is 4.69. The fourth-order valence-corrected chi connectivity index (χ4v) is 3.55. The second kappa shape index (κ2) is 8.94. The Bertz CT molecular complexity index is 794. The van der Waals surface area contributed by atoms with Crippen LogP contribution in [0.25, 0.3) is 10.9 Å². The molecular formula is C20H28N4O2. The molecule has 1 fully saturated rings. The lowest BCUT2D eigenvalue weighted by atomic mass is 9.96. The molecule has 1 aromatic carbocycles. The number of aromatic amines is 1. The number of rotatable bonds is 7. The van der Waals surface area contributed by atoms with E-state index in [-0.39, 0.29) is 11.5 Å². The van der Waals surface area contributed by atoms with Crippen LogP contribution in [0.2, 0.25) is 0 Å². The highest BCUT2D eigenvalue weighted by molar-refractivity contribution is 5.77. The lowest BCUT2D eigenvalue weighted by Gasteiger charge is -2.32. The van der Waals surface area contributed by atoms with E-state index >= 15 is 0 Å². The Labute approximate surface area is 154 Å². The first kappa shape index (κ1) is 18.6. The number of aromatic nitrogens is 2. The molecule has 0 radical (unpaired) electrons. The van der Waals surface area contributed by atoms with Crippen LogP contribution in [0.5, 0.6) is 0 Å². The van der Waals surface area contributed by atoms with Gasteiger partial charge in [-0.1, -0.05) is 19.1 Å². The zero-order chi connectivity index (χ0) is 18.4. The molecule has 26 heavy (non-hydrogen) atoms. The number of hydrogen-bond acceptors (Lipinski definition) is 4.